The average Bonchev–Trinajstić information content (AvgIpc) is 3.46. The van der Waals surface area contributed by atoms with E-state index in [9.17, 15) is 19.5 Å². The molecule has 0 aromatic rings. The summed E-state index contributed by atoms with van der Waals surface area (Å²) in [5.74, 6) is -2.10. The van der Waals surface area contributed by atoms with Crippen molar-refractivity contribution in [1.29, 1.82) is 0 Å². The first-order chi connectivity index (χ1) is 40.6. The van der Waals surface area contributed by atoms with Crippen molar-refractivity contribution in [2.45, 2.75) is 245 Å². The number of aliphatic carboxylic acids is 1. The number of carbonyl (C=O) groups is 3. The molecule has 0 fully saturated rings. The molecule has 0 saturated heterocycles. The molecule has 0 aliphatic rings. The Morgan fingerprint density at radius 2 is 0.663 bits per heavy atom. The van der Waals surface area contributed by atoms with Crippen molar-refractivity contribution in [3.05, 3.63) is 158 Å². The van der Waals surface area contributed by atoms with Crippen molar-refractivity contribution in [2.75, 3.05) is 47.5 Å². The van der Waals surface area contributed by atoms with Gasteiger partial charge in [0.15, 0.2) is 6.10 Å². The van der Waals surface area contributed by atoms with E-state index in [1.807, 2.05) is 21.1 Å². The average molecular weight is 1150 g/mol. The van der Waals surface area contributed by atoms with Crippen LogP contribution in [0.15, 0.2) is 158 Å². The topological polar surface area (TPSA) is 108 Å². The molecule has 0 aliphatic carbocycles. The summed E-state index contributed by atoms with van der Waals surface area (Å²) in [6.45, 7) is 4.57. The van der Waals surface area contributed by atoms with Crippen molar-refractivity contribution in [3.8, 4) is 0 Å². The number of allylic oxidation sites excluding steroid dienone is 26. The van der Waals surface area contributed by atoms with Crippen molar-refractivity contribution < 1.29 is 42.9 Å². The number of ether oxygens (including phenoxy) is 4. The molecule has 1 N–H and O–H groups in total. The minimum absolute atomic E-state index is 0.169. The van der Waals surface area contributed by atoms with Crippen LogP contribution in [-0.2, 0) is 33.3 Å². The molecule has 0 aromatic heterocycles. The van der Waals surface area contributed by atoms with E-state index in [1.54, 1.807) is 0 Å². The standard InChI is InChI=1S/C74H119NO8/c1-6-8-10-12-14-16-18-20-22-24-26-28-30-31-32-33-34-35-36-37-38-39-40-41-43-44-46-48-50-52-54-56-58-60-62-64-71(76)81-68-70(69-82-74(73(78)79)80-67-66-75(3,4)5)83-72(77)65-63-61-59-57-55-53-51-49-47-45-42-29-27-25-23-21-19-17-15-13-11-9-7-2/h8-11,14-17,20-23,26-29,31-32,34-35,45,47,51,53,57,59,70,74H,6-7,12-13,18-19,24-25,30,33,36-44,46,48-50,52,54-56,58,60-69H2,1-5H3/p+1/b10-8-,11-9-,16-14-,17-15-,22-20-,23-21-,28-26-,29-27-,32-31-,35-34-,47-45-,53-51-,59-57-. The summed E-state index contributed by atoms with van der Waals surface area (Å²) in [6, 6.07) is 0. The quantitative estimate of drug-likeness (QED) is 0.0211. The molecule has 0 bridgehead atoms. The minimum Gasteiger partial charge on any atom is -0.477 e. The summed E-state index contributed by atoms with van der Waals surface area (Å²) >= 11 is 0. The fourth-order valence-corrected chi connectivity index (χ4v) is 8.36. The third-order valence-electron chi connectivity index (χ3n) is 13.3. The van der Waals surface area contributed by atoms with Gasteiger partial charge in [0.1, 0.15) is 13.2 Å². The van der Waals surface area contributed by atoms with Crippen LogP contribution in [0, 0.1) is 0 Å². The van der Waals surface area contributed by atoms with Crippen LogP contribution in [0.4, 0.5) is 0 Å². The summed E-state index contributed by atoms with van der Waals surface area (Å²) in [6.07, 6.45) is 90.7. The van der Waals surface area contributed by atoms with E-state index in [-0.39, 0.29) is 38.6 Å². The number of rotatable bonds is 58. The highest BCUT2D eigenvalue weighted by atomic mass is 16.7. The van der Waals surface area contributed by atoms with Crippen molar-refractivity contribution in [3.63, 3.8) is 0 Å². The monoisotopic (exact) mass is 1150 g/mol. The number of likely N-dealkylation sites (N-methyl/N-ethyl adjacent to an activating group) is 1. The van der Waals surface area contributed by atoms with Gasteiger partial charge in [0, 0.05) is 12.8 Å². The third kappa shape index (κ3) is 64.3. The zero-order valence-corrected chi connectivity index (χ0v) is 53.3. The Balaban J connectivity index is 4.22. The van der Waals surface area contributed by atoms with Crippen LogP contribution in [0.3, 0.4) is 0 Å². The highest BCUT2D eigenvalue weighted by Crippen LogP contribution is 2.16. The highest BCUT2D eigenvalue weighted by Gasteiger charge is 2.25. The molecule has 0 radical (unpaired) electrons. The Labute approximate surface area is 508 Å². The third-order valence-corrected chi connectivity index (χ3v) is 13.3. The van der Waals surface area contributed by atoms with Crippen molar-refractivity contribution in [1.82, 2.24) is 0 Å². The van der Waals surface area contributed by atoms with E-state index < -0.39 is 24.3 Å². The number of nitrogens with zero attached hydrogens (tertiary/aromatic N) is 1. The summed E-state index contributed by atoms with van der Waals surface area (Å²) in [5.41, 5.74) is 0. The number of carbonyl (C=O) groups excluding carboxylic acids is 2. The highest BCUT2D eigenvalue weighted by molar-refractivity contribution is 5.71. The first-order valence-corrected chi connectivity index (χ1v) is 32.6. The molecule has 83 heavy (non-hydrogen) atoms. The van der Waals surface area contributed by atoms with Crippen LogP contribution in [-0.4, -0.2) is 87.4 Å². The van der Waals surface area contributed by atoms with Crippen molar-refractivity contribution >= 4 is 17.9 Å². The van der Waals surface area contributed by atoms with Crippen LogP contribution in [0.2, 0.25) is 0 Å². The minimum atomic E-state index is -1.54. The number of quaternary nitrogens is 1. The number of carboxylic acids is 1. The molecular formula is C74H120NO8+. The van der Waals surface area contributed by atoms with Crippen LogP contribution in [0.5, 0.6) is 0 Å². The van der Waals surface area contributed by atoms with Crippen LogP contribution < -0.4 is 0 Å². The molecule has 9 nitrogen and oxygen atoms in total. The summed E-state index contributed by atoms with van der Waals surface area (Å²) < 4.78 is 22.8. The maximum atomic E-state index is 12.9. The van der Waals surface area contributed by atoms with Gasteiger partial charge >= 0.3 is 17.9 Å². The van der Waals surface area contributed by atoms with E-state index in [2.05, 4.69) is 172 Å². The largest absolute Gasteiger partial charge is 0.477 e. The Morgan fingerprint density at radius 3 is 1.00 bits per heavy atom. The second kappa shape index (κ2) is 62.9. The van der Waals surface area contributed by atoms with Gasteiger partial charge in [-0.1, -0.05) is 262 Å². The number of carboxylic acid groups (broad SMARTS) is 1. The predicted octanol–water partition coefficient (Wildman–Crippen LogP) is 20.1. The van der Waals surface area contributed by atoms with Crippen LogP contribution >= 0.6 is 0 Å². The zero-order chi connectivity index (χ0) is 60.5. The lowest BCUT2D eigenvalue weighted by Crippen LogP contribution is -2.40. The molecule has 0 heterocycles. The predicted molar refractivity (Wildman–Crippen MR) is 354 cm³/mol. The fraction of sp³-hybridized carbons (Fsp3) is 0.608. The van der Waals surface area contributed by atoms with Gasteiger partial charge in [-0.25, -0.2) is 4.79 Å². The Bertz CT molecular complexity index is 1920. The maximum absolute atomic E-state index is 12.9. The zero-order valence-electron chi connectivity index (χ0n) is 53.3. The van der Waals surface area contributed by atoms with Gasteiger partial charge in [-0.05, 0) is 116 Å². The van der Waals surface area contributed by atoms with Gasteiger partial charge in [-0.3, -0.25) is 9.59 Å². The lowest BCUT2D eigenvalue weighted by molar-refractivity contribution is -0.870. The second-order valence-corrected chi connectivity index (χ2v) is 22.3. The lowest BCUT2D eigenvalue weighted by Gasteiger charge is -2.25. The Kier molecular flexibility index (Phi) is 59.1. The molecular weight excluding hydrogens is 1030 g/mol. The lowest BCUT2D eigenvalue weighted by atomic mass is 10.0. The number of unbranched alkanes of at least 4 members (excludes halogenated alkanes) is 17. The molecule has 2 atom stereocenters. The maximum Gasteiger partial charge on any atom is 0.361 e. The molecule has 0 spiro atoms. The van der Waals surface area contributed by atoms with E-state index in [4.69, 9.17) is 18.9 Å². The molecule has 0 saturated carbocycles. The molecule has 0 rings (SSSR count). The molecule has 468 valence electrons. The normalized spacial score (nSPS) is 13.8. The van der Waals surface area contributed by atoms with Crippen molar-refractivity contribution in [2.24, 2.45) is 0 Å². The molecule has 9 heteroatoms. The number of hydrogen-bond donors (Lipinski definition) is 1. The molecule has 0 aliphatic heterocycles. The van der Waals surface area contributed by atoms with Crippen LogP contribution in [0.25, 0.3) is 0 Å². The second-order valence-electron chi connectivity index (χ2n) is 22.3. The Hall–Kier alpha value is -5.09. The van der Waals surface area contributed by atoms with E-state index in [1.165, 1.54) is 89.9 Å². The van der Waals surface area contributed by atoms with Gasteiger partial charge in [-0.15, -0.1) is 0 Å². The molecule has 0 amide bonds. The Morgan fingerprint density at radius 1 is 0.361 bits per heavy atom. The number of hydrogen-bond acceptors (Lipinski definition) is 7. The van der Waals surface area contributed by atoms with E-state index in [0.29, 0.717) is 23.9 Å². The first kappa shape index (κ1) is 77.9. The SMILES string of the molecule is CC/C=C\C/C=C\C/C=C\C/C=C\C/C=C\C/C=C\C/C=C\CCCC(=O)OC(COC(=O)CCCCCCCCCCCCCCCCCC/C=C\C/C=C\C/C=C\C/C=C\C/C=C\C/C=C\CC)COC(OCC[N+](C)(C)C)C(=O)O. The summed E-state index contributed by atoms with van der Waals surface area (Å²) in [4.78, 5) is 37.5. The molecule has 0 aromatic carbocycles. The van der Waals surface area contributed by atoms with Gasteiger partial charge in [0.25, 0.3) is 6.29 Å². The van der Waals surface area contributed by atoms with Gasteiger partial charge in [0.05, 0.1) is 34.4 Å². The summed E-state index contributed by atoms with van der Waals surface area (Å²) in [7, 11) is 5.94. The van der Waals surface area contributed by atoms with Gasteiger partial charge in [-0.2, -0.15) is 0 Å². The van der Waals surface area contributed by atoms with E-state index >= 15 is 0 Å². The van der Waals surface area contributed by atoms with Gasteiger partial charge < -0.3 is 28.5 Å². The summed E-state index contributed by atoms with van der Waals surface area (Å²) in [5, 5.41) is 9.72. The molecule has 2 unspecified atom stereocenters. The number of esters is 2. The van der Waals surface area contributed by atoms with Crippen LogP contribution in [0.1, 0.15) is 232 Å². The fourth-order valence-electron chi connectivity index (χ4n) is 8.36. The smallest absolute Gasteiger partial charge is 0.361 e. The van der Waals surface area contributed by atoms with E-state index in [0.717, 1.165) is 103 Å². The van der Waals surface area contributed by atoms with Gasteiger partial charge in [0.2, 0.25) is 0 Å². The first-order valence-electron chi connectivity index (χ1n) is 32.6.